The van der Waals surface area contributed by atoms with Gasteiger partial charge in [-0.25, -0.2) is 9.78 Å². The highest BCUT2D eigenvalue weighted by Gasteiger charge is 2.16. The number of carbonyl (C=O) groups is 1. The first-order valence-corrected chi connectivity index (χ1v) is 6.50. The van der Waals surface area contributed by atoms with Crippen LogP contribution in [0.3, 0.4) is 0 Å². The number of nitro groups is 1. The number of aryl methyl sites for hydroxylation is 1. The highest BCUT2D eigenvalue weighted by molar-refractivity contribution is 7.18. The van der Waals surface area contributed by atoms with E-state index in [1.54, 1.807) is 6.07 Å². The van der Waals surface area contributed by atoms with Gasteiger partial charge in [0.15, 0.2) is 0 Å². The van der Waals surface area contributed by atoms with Gasteiger partial charge < -0.3 is 15.8 Å². The highest BCUT2D eigenvalue weighted by Crippen LogP contribution is 2.32. The van der Waals surface area contributed by atoms with E-state index in [4.69, 9.17) is 5.73 Å². The first-order valence-electron chi connectivity index (χ1n) is 5.69. The second-order valence-corrected chi connectivity index (χ2v) is 5.16. The number of carbonyl (C=O) groups excluding carboxylic acids is 1. The lowest BCUT2D eigenvalue weighted by atomic mass is 10.2. The normalized spacial score (nSPS) is 10.4. The molecule has 0 saturated heterocycles. The first-order chi connectivity index (χ1) is 9.47. The van der Waals surface area contributed by atoms with Crippen molar-refractivity contribution in [3.63, 3.8) is 0 Å². The SMILES string of the molecule is Cc1nc2cc(NCCOC(N)=O)c([N+](=O)[O-])cc2s1. The summed E-state index contributed by atoms with van der Waals surface area (Å²) >= 11 is 1.40. The molecule has 0 fully saturated rings. The molecule has 9 heteroatoms. The quantitative estimate of drug-likeness (QED) is 0.494. The smallest absolute Gasteiger partial charge is 0.404 e. The molecule has 1 heterocycles. The molecule has 1 aromatic carbocycles. The number of nitrogens with zero attached hydrogens (tertiary/aromatic N) is 2. The molecule has 0 aliphatic heterocycles. The molecule has 2 aromatic rings. The van der Waals surface area contributed by atoms with Crippen LogP contribution in [-0.4, -0.2) is 29.2 Å². The second kappa shape index (κ2) is 5.70. The zero-order chi connectivity index (χ0) is 14.7. The van der Waals surface area contributed by atoms with E-state index in [1.165, 1.54) is 17.4 Å². The van der Waals surface area contributed by atoms with E-state index in [-0.39, 0.29) is 18.8 Å². The predicted octanol–water partition coefficient (Wildman–Crippen LogP) is 2.02. The Hall–Kier alpha value is -2.42. The third kappa shape index (κ3) is 3.12. The number of rotatable bonds is 5. The van der Waals surface area contributed by atoms with Gasteiger partial charge in [0, 0.05) is 12.6 Å². The number of anilines is 1. The standard InChI is InChI=1S/C11H12N4O4S/c1-6-14-8-4-7(13-2-3-19-11(12)16)9(15(17)18)5-10(8)20-6/h4-5,13H,2-3H2,1H3,(H2,12,16). The number of thiazole rings is 1. The number of fused-ring (bicyclic) bond motifs is 1. The van der Waals surface area contributed by atoms with Crippen molar-refractivity contribution < 1.29 is 14.5 Å². The van der Waals surface area contributed by atoms with Crippen molar-refractivity contribution in [1.29, 1.82) is 0 Å². The lowest BCUT2D eigenvalue weighted by molar-refractivity contribution is -0.383. The largest absolute Gasteiger partial charge is 0.448 e. The van der Waals surface area contributed by atoms with Crippen LogP contribution in [0.5, 0.6) is 0 Å². The van der Waals surface area contributed by atoms with Crippen molar-refractivity contribution in [3.05, 3.63) is 27.3 Å². The van der Waals surface area contributed by atoms with Gasteiger partial charge in [0.2, 0.25) is 0 Å². The maximum Gasteiger partial charge on any atom is 0.404 e. The van der Waals surface area contributed by atoms with E-state index in [2.05, 4.69) is 15.0 Å². The van der Waals surface area contributed by atoms with Crippen molar-refractivity contribution in [2.24, 2.45) is 5.73 Å². The molecule has 0 atom stereocenters. The second-order valence-electron chi connectivity index (χ2n) is 3.92. The van der Waals surface area contributed by atoms with Gasteiger partial charge in [0.05, 0.1) is 20.1 Å². The van der Waals surface area contributed by atoms with Crippen molar-refractivity contribution in [1.82, 2.24) is 4.98 Å². The van der Waals surface area contributed by atoms with Crippen LogP contribution in [0.2, 0.25) is 0 Å². The number of hydrogen-bond donors (Lipinski definition) is 2. The average Bonchev–Trinajstić information content (AvgIpc) is 2.72. The van der Waals surface area contributed by atoms with Crippen LogP contribution in [0, 0.1) is 17.0 Å². The Morgan fingerprint density at radius 3 is 3.00 bits per heavy atom. The lowest BCUT2D eigenvalue weighted by Gasteiger charge is -2.07. The van der Waals surface area contributed by atoms with E-state index in [0.29, 0.717) is 11.2 Å². The molecule has 1 aromatic heterocycles. The van der Waals surface area contributed by atoms with E-state index in [1.807, 2.05) is 6.92 Å². The van der Waals surface area contributed by atoms with Gasteiger partial charge in [-0.05, 0) is 13.0 Å². The van der Waals surface area contributed by atoms with Gasteiger partial charge in [-0.2, -0.15) is 0 Å². The van der Waals surface area contributed by atoms with Gasteiger partial charge in [-0.1, -0.05) is 0 Å². The molecule has 0 unspecified atom stereocenters. The Balaban J connectivity index is 2.22. The van der Waals surface area contributed by atoms with Gasteiger partial charge >= 0.3 is 6.09 Å². The van der Waals surface area contributed by atoms with Crippen molar-refractivity contribution in [3.8, 4) is 0 Å². The molecular weight excluding hydrogens is 284 g/mol. The monoisotopic (exact) mass is 296 g/mol. The summed E-state index contributed by atoms with van der Waals surface area (Å²) in [5.74, 6) is 0. The number of nitro benzene ring substituents is 1. The third-order valence-corrected chi connectivity index (χ3v) is 3.40. The Kier molecular flexibility index (Phi) is 3.99. The molecule has 0 bridgehead atoms. The van der Waals surface area contributed by atoms with E-state index in [9.17, 15) is 14.9 Å². The summed E-state index contributed by atoms with van der Waals surface area (Å²) in [6.07, 6.45) is -0.883. The molecule has 20 heavy (non-hydrogen) atoms. The molecule has 8 nitrogen and oxygen atoms in total. The number of hydrogen-bond acceptors (Lipinski definition) is 7. The van der Waals surface area contributed by atoms with E-state index < -0.39 is 11.0 Å². The minimum absolute atomic E-state index is 0.0284. The molecule has 0 aliphatic carbocycles. The number of nitrogens with one attached hydrogen (secondary N) is 1. The zero-order valence-corrected chi connectivity index (χ0v) is 11.4. The lowest BCUT2D eigenvalue weighted by Crippen LogP contribution is -2.18. The molecule has 0 aliphatic rings. The molecule has 0 spiro atoms. The molecule has 0 radical (unpaired) electrons. The zero-order valence-electron chi connectivity index (χ0n) is 10.6. The van der Waals surface area contributed by atoms with Crippen molar-refractivity contribution in [2.45, 2.75) is 6.92 Å². The van der Waals surface area contributed by atoms with Gasteiger partial charge in [0.1, 0.15) is 12.3 Å². The maximum absolute atomic E-state index is 11.1. The summed E-state index contributed by atoms with van der Waals surface area (Å²) in [5, 5.41) is 14.7. The van der Waals surface area contributed by atoms with Crippen LogP contribution < -0.4 is 11.1 Å². The highest BCUT2D eigenvalue weighted by atomic mass is 32.1. The molecule has 0 saturated carbocycles. The Morgan fingerprint density at radius 1 is 1.60 bits per heavy atom. The first kappa shape index (κ1) is 14.0. The van der Waals surface area contributed by atoms with Crippen molar-refractivity contribution >= 4 is 39.0 Å². The Morgan fingerprint density at radius 2 is 2.35 bits per heavy atom. The number of ether oxygens (including phenoxy) is 1. The Bertz CT molecular complexity index is 670. The fraction of sp³-hybridized carbons (Fsp3) is 0.273. The van der Waals surface area contributed by atoms with Crippen LogP contribution in [0.4, 0.5) is 16.2 Å². The van der Waals surface area contributed by atoms with Crippen LogP contribution in [-0.2, 0) is 4.74 Å². The summed E-state index contributed by atoms with van der Waals surface area (Å²) in [4.78, 5) is 25.3. The van der Waals surface area contributed by atoms with Crippen LogP contribution in [0.1, 0.15) is 5.01 Å². The van der Waals surface area contributed by atoms with Gasteiger partial charge in [0.25, 0.3) is 5.69 Å². The molecule has 3 N–H and O–H groups in total. The number of aromatic nitrogens is 1. The van der Waals surface area contributed by atoms with Crippen LogP contribution >= 0.6 is 11.3 Å². The summed E-state index contributed by atoms with van der Waals surface area (Å²) in [5.41, 5.74) is 5.81. The fourth-order valence-corrected chi connectivity index (χ4v) is 2.55. The minimum Gasteiger partial charge on any atom is -0.448 e. The average molecular weight is 296 g/mol. The number of amides is 1. The Labute approximate surface area is 117 Å². The van der Waals surface area contributed by atoms with Crippen LogP contribution in [0.25, 0.3) is 10.2 Å². The molecule has 1 amide bonds. The summed E-state index contributed by atoms with van der Waals surface area (Å²) < 4.78 is 5.31. The fourth-order valence-electron chi connectivity index (χ4n) is 1.71. The van der Waals surface area contributed by atoms with E-state index in [0.717, 1.165) is 9.71 Å². The van der Waals surface area contributed by atoms with Crippen molar-refractivity contribution in [2.75, 3.05) is 18.5 Å². The summed E-state index contributed by atoms with van der Waals surface area (Å²) in [6.45, 7) is 2.09. The van der Waals surface area contributed by atoms with Crippen LogP contribution in [0.15, 0.2) is 12.1 Å². The number of benzene rings is 1. The van der Waals surface area contributed by atoms with Gasteiger partial charge in [-0.3, -0.25) is 10.1 Å². The van der Waals surface area contributed by atoms with E-state index >= 15 is 0 Å². The van der Waals surface area contributed by atoms with Gasteiger partial charge in [-0.15, -0.1) is 11.3 Å². The molecule has 106 valence electrons. The summed E-state index contributed by atoms with van der Waals surface area (Å²) in [6, 6.07) is 3.10. The third-order valence-electron chi connectivity index (χ3n) is 2.47. The predicted molar refractivity (Wildman–Crippen MR) is 75.0 cm³/mol. The maximum atomic E-state index is 11.1. The number of primary amides is 1. The summed E-state index contributed by atoms with van der Waals surface area (Å²) in [7, 11) is 0. The topological polar surface area (TPSA) is 120 Å². The molecule has 2 rings (SSSR count). The molecular formula is C11H12N4O4S. The number of nitrogens with two attached hydrogens (primary N) is 1. The minimum atomic E-state index is -0.883.